The molecule has 0 aliphatic heterocycles. The maximum Gasteiger partial charge on any atom is 0.430 e. The fourth-order valence-electron chi connectivity index (χ4n) is 3.76. The van der Waals surface area contributed by atoms with Gasteiger partial charge < -0.3 is 5.11 Å². The van der Waals surface area contributed by atoms with Gasteiger partial charge in [0.05, 0.1) is 33.9 Å². The zero-order valence-electron chi connectivity index (χ0n) is 20.3. The Labute approximate surface area is 227 Å². The van der Waals surface area contributed by atoms with Crippen molar-refractivity contribution < 1.29 is 44.8 Å². The van der Waals surface area contributed by atoms with Gasteiger partial charge in [-0.15, -0.1) is 5.10 Å². The van der Waals surface area contributed by atoms with E-state index in [1.807, 2.05) is 0 Å². The number of halogens is 6. The second-order valence-corrected chi connectivity index (χ2v) is 10.4. The molecule has 0 saturated heterocycles. The number of nitro groups is 1. The van der Waals surface area contributed by atoms with Gasteiger partial charge >= 0.3 is 12.4 Å². The highest BCUT2D eigenvalue weighted by Gasteiger charge is 2.71. The monoisotopic (exact) mass is 601 g/mol. The molecule has 3 aromatic carbocycles. The molecule has 0 radical (unpaired) electrons. The molecule has 0 aliphatic rings. The van der Waals surface area contributed by atoms with Crippen molar-refractivity contribution in [3.8, 4) is 5.69 Å². The molecule has 0 spiro atoms. The van der Waals surface area contributed by atoms with E-state index in [1.165, 1.54) is 65.5 Å². The van der Waals surface area contributed by atoms with Gasteiger partial charge in [0.2, 0.25) is 0 Å². The van der Waals surface area contributed by atoms with Crippen molar-refractivity contribution in [2.75, 3.05) is 4.31 Å². The number of rotatable bonds is 8. The molecule has 0 bridgehead atoms. The van der Waals surface area contributed by atoms with Crippen LogP contribution in [0.4, 0.5) is 37.7 Å². The molecule has 0 unspecified atom stereocenters. The summed E-state index contributed by atoms with van der Waals surface area (Å²) in [4.78, 5) is 10.0. The fourth-order valence-corrected chi connectivity index (χ4v) is 5.22. The van der Waals surface area contributed by atoms with Gasteiger partial charge in [-0.25, -0.2) is 13.1 Å². The molecule has 0 fully saturated rings. The van der Waals surface area contributed by atoms with E-state index in [-0.39, 0.29) is 22.0 Å². The van der Waals surface area contributed by atoms with Crippen LogP contribution < -0.4 is 4.31 Å². The van der Waals surface area contributed by atoms with E-state index in [2.05, 4.69) is 10.3 Å². The summed E-state index contributed by atoms with van der Waals surface area (Å²) in [6.45, 7) is -0.563. The molecule has 1 N–H and O–H groups in total. The first kappa shape index (κ1) is 29.5. The molecule has 4 rings (SSSR count). The van der Waals surface area contributed by atoms with E-state index in [4.69, 9.17) is 0 Å². The minimum absolute atomic E-state index is 0.00836. The lowest BCUT2D eigenvalue weighted by atomic mass is 9.92. The van der Waals surface area contributed by atoms with Crippen LogP contribution in [0.2, 0.25) is 0 Å². The summed E-state index contributed by atoms with van der Waals surface area (Å²) < 4.78 is 109. The lowest BCUT2D eigenvalue weighted by molar-refractivity contribution is -0.384. The third-order valence-electron chi connectivity index (χ3n) is 5.90. The van der Waals surface area contributed by atoms with Crippen molar-refractivity contribution in [1.29, 1.82) is 0 Å². The SMILES string of the molecule is O=[N+]([O-])c1ccc(-n2cc(CN(c3ccc(C(O)(C(F)(F)F)C(F)(F)F)cc3)S(=O)(=O)c3ccccc3)nn2)cc1. The van der Waals surface area contributed by atoms with Gasteiger partial charge in [-0.2, -0.15) is 26.3 Å². The first-order valence-corrected chi connectivity index (χ1v) is 12.7. The minimum Gasteiger partial charge on any atom is -0.369 e. The third kappa shape index (κ3) is 5.58. The predicted octanol–water partition coefficient (Wildman–Crippen LogP) is 4.88. The van der Waals surface area contributed by atoms with Crippen LogP contribution in [0.15, 0.2) is 90.0 Å². The predicted molar refractivity (Wildman–Crippen MR) is 130 cm³/mol. The normalized spacial score (nSPS) is 12.8. The summed E-state index contributed by atoms with van der Waals surface area (Å²) in [7, 11) is -4.45. The van der Waals surface area contributed by atoms with Crippen molar-refractivity contribution in [2.45, 2.75) is 29.4 Å². The van der Waals surface area contributed by atoms with Crippen LogP contribution in [0.3, 0.4) is 0 Å². The molecule has 0 amide bonds. The highest BCUT2D eigenvalue weighted by molar-refractivity contribution is 7.92. The number of nitro benzene ring substituents is 1. The Kier molecular flexibility index (Phi) is 7.53. The zero-order valence-corrected chi connectivity index (χ0v) is 21.1. The molecule has 216 valence electrons. The molecule has 0 atom stereocenters. The zero-order chi connectivity index (χ0) is 30.2. The lowest BCUT2D eigenvalue weighted by Crippen LogP contribution is -2.53. The van der Waals surface area contributed by atoms with E-state index >= 15 is 0 Å². The average molecular weight is 601 g/mol. The maximum absolute atomic E-state index is 13.5. The Morgan fingerprint density at radius 1 is 0.878 bits per heavy atom. The highest BCUT2D eigenvalue weighted by atomic mass is 32.2. The molecule has 1 aromatic heterocycles. The molecule has 41 heavy (non-hydrogen) atoms. The number of hydrogen-bond donors (Lipinski definition) is 1. The van der Waals surface area contributed by atoms with Crippen LogP contribution in [0.5, 0.6) is 0 Å². The number of anilines is 1. The molecule has 0 saturated carbocycles. The molecule has 0 aliphatic carbocycles. The summed E-state index contributed by atoms with van der Waals surface area (Å²) in [5.74, 6) is 0. The Hall–Kier alpha value is -4.51. The van der Waals surface area contributed by atoms with E-state index in [0.717, 1.165) is 0 Å². The fraction of sp³-hybridized carbons (Fsp3) is 0.167. The number of hydrogen-bond acceptors (Lipinski definition) is 7. The number of benzene rings is 3. The third-order valence-corrected chi connectivity index (χ3v) is 7.68. The molecule has 17 heteroatoms. The van der Waals surface area contributed by atoms with Crippen LogP contribution >= 0.6 is 0 Å². The second kappa shape index (κ2) is 10.5. The van der Waals surface area contributed by atoms with Gasteiger partial charge in [0.25, 0.3) is 21.3 Å². The Bertz CT molecular complexity index is 1630. The summed E-state index contributed by atoms with van der Waals surface area (Å²) in [5.41, 5.74) is -6.96. The van der Waals surface area contributed by atoms with Crippen LogP contribution in [-0.2, 0) is 22.2 Å². The van der Waals surface area contributed by atoms with Crippen LogP contribution in [0.25, 0.3) is 5.69 Å². The van der Waals surface area contributed by atoms with E-state index < -0.39 is 45.0 Å². The van der Waals surface area contributed by atoms with Gasteiger partial charge in [-0.05, 0) is 36.4 Å². The van der Waals surface area contributed by atoms with Crippen LogP contribution in [0, 0.1) is 10.1 Å². The van der Waals surface area contributed by atoms with Crippen molar-refractivity contribution in [3.63, 3.8) is 0 Å². The molecule has 4 aromatic rings. The largest absolute Gasteiger partial charge is 0.430 e. The minimum atomic E-state index is -6.13. The van der Waals surface area contributed by atoms with Gasteiger partial charge in [0.1, 0.15) is 5.69 Å². The lowest BCUT2D eigenvalue weighted by Gasteiger charge is -2.33. The van der Waals surface area contributed by atoms with Crippen molar-refractivity contribution in [1.82, 2.24) is 15.0 Å². The quantitative estimate of drug-likeness (QED) is 0.173. The maximum atomic E-state index is 13.5. The van der Waals surface area contributed by atoms with Gasteiger partial charge in [-0.1, -0.05) is 35.5 Å². The summed E-state index contributed by atoms with van der Waals surface area (Å²) >= 11 is 0. The number of sulfonamides is 1. The van der Waals surface area contributed by atoms with Gasteiger partial charge in [0.15, 0.2) is 0 Å². The molecule has 10 nitrogen and oxygen atoms in total. The summed E-state index contributed by atoms with van der Waals surface area (Å²) in [6.07, 6.45) is -11.0. The standard InChI is InChI=1S/C24H17F6N5O5S/c25-23(26,27)22(36,24(28,29)30)16-6-8-19(9-7-16)34(41(39,40)21-4-2-1-3-5-21)15-17-14-33(32-31-17)18-10-12-20(13-11-18)35(37)38/h1-14,36H,15H2. The first-order chi connectivity index (χ1) is 19.1. The van der Waals surface area contributed by atoms with Gasteiger partial charge in [0, 0.05) is 17.7 Å². The Morgan fingerprint density at radius 2 is 1.44 bits per heavy atom. The van der Waals surface area contributed by atoms with E-state index in [0.29, 0.717) is 34.3 Å². The average Bonchev–Trinajstić information content (AvgIpc) is 3.39. The van der Waals surface area contributed by atoms with Crippen LogP contribution in [0.1, 0.15) is 11.3 Å². The number of nitrogens with zero attached hydrogens (tertiary/aromatic N) is 5. The Balaban J connectivity index is 1.74. The molecular formula is C24H17F6N5O5S. The van der Waals surface area contributed by atoms with Crippen LogP contribution in [-0.4, -0.2) is 45.8 Å². The van der Waals surface area contributed by atoms with Crippen molar-refractivity contribution >= 4 is 21.4 Å². The number of aromatic nitrogens is 3. The summed E-state index contributed by atoms with van der Waals surface area (Å²) in [5, 5.41) is 28.3. The van der Waals surface area contributed by atoms with Crippen molar-refractivity contribution in [3.05, 3.63) is 106 Å². The van der Waals surface area contributed by atoms with Crippen molar-refractivity contribution in [2.24, 2.45) is 0 Å². The van der Waals surface area contributed by atoms with E-state index in [9.17, 15) is 50.0 Å². The first-order valence-electron chi connectivity index (χ1n) is 11.3. The highest BCUT2D eigenvalue weighted by Crippen LogP contribution is 2.50. The molecular weight excluding hydrogens is 584 g/mol. The summed E-state index contributed by atoms with van der Waals surface area (Å²) in [6, 6.07) is 14.0. The Morgan fingerprint density at radius 3 is 1.95 bits per heavy atom. The smallest absolute Gasteiger partial charge is 0.369 e. The van der Waals surface area contributed by atoms with E-state index in [1.54, 1.807) is 0 Å². The van der Waals surface area contributed by atoms with Gasteiger partial charge in [-0.3, -0.25) is 14.4 Å². The number of aliphatic hydroxyl groups is 1. The second-order valence-electron chi connectivity index (χ2n) is 8.51. The topological polar surface area (TPSA) is 131 Å². The molecule has 1 heterocycles. The number of alkyl halides is 6. The number of non-ortho nitro benzene ring substituents is 1.